The van der Waals surface area contributed by atoms with Crippen molar-refractivity contribution in [2.45, 2.75) is 0 Å². The van der Waals surface area contributed by atoms with E-state index >= 15 is 0 Å². The smallest absolute Gasteiger partial charge is 0.197 e. The zero-order valence-electron chi connectivity index (χ0n) is 10.3. The van der Waals surface area contributed by atoms with Crippen molar-refractivity contribution in [2.24, 2.45) is 0 Å². The summed E-state index contributed by atoms with van der Waals surface area (Å²) in [5, 5.41) is 1.54. The Bertz CT molecular complexity index is 892. The topological polar surface area (TPSA) is 17.1 Å². The third kappa shape index (κ3) is 1.27. The molecule has 96 valence electrons. The number of carbonyl (C=O) groups excluding carboxylic acids is 1. The summed E-state index contributed by atoms with van der Waals surface area (Å²) >= 11 is 0. The van der Waals surface area contributed by atoms with Crippen LogP contribution in [0.25, 0.3) is 21.9 Å². The van der Waals surface area contributed by atoms with Gasteiger partial charge >= 0.3 is 0 Å². The van der Waals surface area contributed by atoms with E-state index in [2.05, 4.69) is 0 Å². The normalized spacial score (nSPS) is 12.6. The number of hydrogen-bond acceptors (Lipinski definition) is 1. The van der Waals surface area contributed by atoms with Crippen molar-refractivity contribution in [3.05, 3.63) is 71.3 Å². The molecule has 0 fully saturated rings. The number of halogens is 2. The summed E-state index contributed by atoms with van der Waals surface area (Å²) in [6.45, 7) is 0. The third-order valence-corrected chi connectivity index (χ3v) is 3.75. The summed E-state index contributed by atoms with van der Waals surface area (Å²) in [7, 11) is 0. The number of benzene rings is 3. The number of carbonyl (C=O) groups is 1. The fourth-order valence-corrected chi connectivity index (χ4v) is 2.91. The Morgan fingerprint density at radius 2 is 1.30 bits per heavy atom. The van der Waals surface area contributed by atoms with E-state index in [0.29, 0.717) is 16.5 Å². The molecule has 0 bridgehead atoms. The van der Waals surface area contributed by atoms with Crippen molar-refractivity contribution in [1.82, 2.24) is 0 Å². The summed E-state index contributed by atoms with van der Waals surface area (Å²) in [6.07, 6.45) is 0. The van der Waals surface area contributed by atoms with E-state index in [1.54, 1.807) is 24.3 Å². The van der Waals surface area contributed by atoms with Crippen LogP contribution in [0.1, 0.15) is 15.9 Å². The SMILES string of the molecule is O=C1c2c(F)ccc(F)c2-c2cccc3cccc1c23. The lowest BCUT2D eigenvalue weighted by Gasteiger charge is -2.20. The lowest BCUT2D eigenvalue weighted by atomic mass is 9.82. The van der Waals surface area contributed by atoms with Gasteiger partial charge in [0.05, 0.1) is 5.56 Å². The van der Waals surface area contributed by atoms with Crippen LogP contribution in [0.3, 0.4) is 0 Å². The standard InChI is InChI=1S/C17H8F2O/c18-12-7-8-13(19)16-15(12)10-5-1-3-9-4-2-6-11(14(9)10)17(16)20/h1-8H. The van der Waals surface area contributed by atoms with Crippen LogP contribution in [0, 0.1) is 11.6 Å². The van der Waals surface area contributed by atoms with E-state index in [1.807, 2.05) is 12.1 Å². The molecular weight excluding hydrogens is 258 g/mol. The van der Waals surface area contributed by atoms with E-state index < -0.39 is 17.4 Å². The molecule has 1 aliphatic carbocycles. The zero-order chi connectivity index (χ0) is 13.9. The monoisotopic (exact) mass is 266 g/mol. The molecule has 1 nitrogen and oxygen atoms in total. The first-order valence-electron chi connectivity index (χ1n) is 6.23. The van der Waals surface area contributed by atoms with Gasteiger partial charge in [-0.3, -0.25) is 4.79 Å². The van der Waals surface area contributed by atoms with E-state index in [4.69, 9.17) is 0 Å². The molecule has 0 aromatic heterocycles. The number of ketones is 1. The van der Waals surface area contributed by atoms with Crippen LogP contribution in [-0.2, 0) is 0 Å². The Morgan fingerprint density at radius 1 is 0.700 bits per heavy atom. The van der Waals surface area contributed by atoms with Crippen molar-refractivity contribution < 1.29 is 13.6 Å². The van der Waals surface area contributed by atoms with Gasteiger partial charge in [0.2, 0.25) is 0 Å². The van der Waals surface area contributed by atoms with Gasteiger partial charge in [0.15, 0.2) is 5.78 Å². The molecule has 0 spiro atoms. The van der Waals surface area contributed by atoms with Crippen molar-refractivity contribution in [3.63, 3.8) is 0 Å². The second-order valence-corrected chi connectivity index (χ2v) is 4.82. The summed E-state index contributed by atoms with van der Waals surface area (Å²) in [5.41, 5.74) is 0.898. The zero-order valence-corrected chi connectivity index (χ0v) is 10.3. The van der Waals surface area contributed by atoms with Gasteiger partial charge in [0, 0.05) is 16.5 Å². The minimum Gasteiger partial charge on any atom is -0.288 e. The highest BCUT2D eigenvalue weighted by Crippen LogP contribution is 2.41. The molecule has 3 aromatic carbocycles. The predicted octanol–water partition coefficient (Wildman–Crippen LogP) is 4.33. The fourth-order valence-electron chi connectivity index (χ4n) is 2.91. The minimum absolute atomic E-state index is 0.0688. The van der Waals surface area contributed by atoms with Gasteiger partial charge in [-0.25, -0.2) is 8.78 Å². The Labute approximate surface area is 113 Å². The molecule has 3 aromatic rings. The molecule has 0 heterocycles. The average Bonchev–Trinajstić information content (AvgIpc) is 2.47. The molecule has 0 saturated carbocycles. The first kappa shape index (κ1) is 11.3. The predicted molar refractivity (Wildman–Crippen MR) is 72.7 cm³/mol. The van der Waals surface area contributed by atoms with Crippen LogP contribution in [0.5, 0.6) is 0 Å². The van der Waals surface area contributed by atoms with Crippen LogP contribution < -0.4 is 0 Å². The lowest BCUT2D eigenvalue weighted by molar-refractivity contribution is 0.103. The van der Waals surface area contributed by atoms with Gasteiger partial charge in [-0.15, -0.1) is 0 Å². The van der Waals surface area contributed by atoms with Gasteiger partial charge in [-0.05, 0) is 23.1 Å². The second kappa shape index (κ2) is 3.73. The van der Waals surface area contributed by atoms with E-state index in [1.165, 1.54) is 0 Å². The maximum absolute atomic E-state index is 14.1. The van der Waals surface area contributed by atoms with E-state index in [-0.39, 0.29) is 11.1 Å². The molecule has 0 radical (unpaired) electrons. The summed E-state index contributed by atoms with van der Waals surface area (Å²) in [4.78, 5) is 12.5. The third-order valence-electron chi connectivity index (χ3n) is 3.75. The Kier molecular flexibility index (Phi) is 2.11. The highest BCUT2D eigenvalue weighted by molar-refractivity contribution is 6.25. The minimum atomic E-state index is -0.682. The molecule has 0 saturated heterocycles. The van der Waals surface area contributed by atoms with Gasteiger partial charge < -0.3 is 0 Å². The Morgan fingerprint density at radius 3 is 2.00 bits per heavy atom. The van der Waals surface area contributed by atoms with E-state index in [9.17, 15) is 13.6 Å². The molecule has 20 heavy (non-hydrogen) atoms. The highest BCUT2D eigenvalue weighted by Gasteiger charge is 2.29. The van der Waals surface area contributed by atoms with Crippen molar-refractivity contribution in [1.29, 1.82) is 0 Å². The largest absolute Gasteiger partial charge is 0.288 e. The van der Waals surface area contributed by atoms with Gasteiger partial charge in [-0.2, -0.15) is 0 Å². The number of rotatable bonds is 0. The van der Waals surface area contributed by atoms with Crippen molar-refractivity contribution in [2.75, 3.05) is 0 Å². The van der Waals surface area contributed by atoms with Crippen molar-refractivity contribution in [3.8, 4) is 11.1 Å². The molecule has 0 aliphatic heterocycles. The first-order valence-corrected chi connectivity index (χ1v) is 6.23. The van der Waals surface area contributed by atoms with Crippen molar-refractivity contribution >= 4 is 16.6 Å². The first-order chi connectivity index (χ1) is 9.68. The average molecular weight is 266 g/mol. The quantitative estimate of drug-likeness (QED) is 0.463. The highest BCUT2D eigenvalue weighted by atomic mass is 19.1. The second-order valence-electron chi connectivity index (χ2n) is 4.82. The molecule has 1 aliphatic rings. The van der Waals surface area contributed by atoms with E-state index in [0.717, 1.165) is 17.5 Å². The number of fused-ring (bicyclic) bond motifs is 2. The summed E-state index contributed by atoms with van der Waals surface area (Å²) in [5.74, 6) is -1.71. The number of hydrogen-bond donors (Lipinski definition) is 0. The Hall–Kier alpha value is -2.55. The van der Waals surface area contributed by atoms with Gasteiger partial charge in [0.1, 0.15) is 11.6 Å². The molecule has 4 rings (SSSR count). The van der Waals surface area contributed by atoms with Gasteiger partial charge in [0.25, 0.3) is 0 Å². The molecule has 3 heteroatoms. The molecule has 0 unspecified atom stereocenters. The van der Waals surface area contributed by atoms with Crippen LogP contribution in [-0.4, -0.2) is 5.78 Å². The van der Waals surface area contributed by atoms with Gasteiger partial charge in [-0.1, -0.05) is 36.4 Å². The molecule has 0 atom stereocenters. The molecule has 0 amide bonds. The van der Waals surface area contributed by atoms with Crippen LogP contribution >= 0.6 is 0 Å². The maximum Gasteiger partial charge on any atom is 0.197 e. The summed E-state index contributed by atoms with van der Waals surface area (Å²) < 4.78 is 28.1. The molecule has 0 N–H and O–H groups in total. The van der Waals surface area contributed by atoms with Crippen LogP contribution in [0.4, 0.5) is 8.78 Å². The fraction of sp³-hybridized carbons (Fsp3) is 0. The van der Waals surface area contributed by atoms with Crippen LogP contribution in [0.15, 0.2) is 48.5 Å². The lowest BCUT2D eigenvalue weighted by Crippen LogP contribution is -2.13. The molecular formula is C17H8F2O. The van der Waals surface area contributed by atoms with Crippen LogP contribution in [0.2, 0.25) is 0 Å². The maximum atomic E-state index is 14.1. The Balaban J connectivity index is 2.30. The summed E-state index contributed by atoms with van der Waals surface area (Å²) in [6, 6.07) is 12.7.